The summed E-state index contributed by atoms with van der Waals surface area (Å²) in [6.07, 6.45) is 0. The Labute approximate surface area is 156 Å². The molecule has 136 valence electrons. The number of halogens is 2. The summed E-state index contributed by atoms with van der Waals surface area (Å²) in [4.78, 5) is 12.2. The number of ether oxygens (including phenoxy) is 1. The van der Waals surface area contributed by atoms with Crippen LogP contribution in [0, 0.1) is 0 Å². The van der Waals surface area contributed by atoms with Crippen molar-refractivity contribution >= 4 is 37.5 Å². The molecule has 0 atom stereocenters. The van der Waals surface area contributed by atoms with E-state index >= 15 is 0 Å². The molecule has 1 aromatic carbocycles. The summed E-state index contributed by atoms with van der Waals surface area (Å²) in [5.41, 5.74) is 1.37. The zero-order chi connectivity index (χ0) is 18.7. The van der Waals surface area contributed by atoms with Gasteiger partial charge in [-0.2, -0.15) is 0 Å². The van der Waals surface area contributed by atoms with Crippen LogP contribution in [0.2, 0.25) is 26.7 Å². The number of benzene rings is 1. The molecule has 0 aliphatic heterocycles. The van der Waals surface area contributed by atoms with E-state index in [0.717, 1.165) is 0 Å². The molecule has 0 N–H and O–H groups in total. The Morgan fingerprint density at radius 3 is 1.96 bits per heavy atom. The fourth-order valence-corrected chi connectivity index (χ4v) is 9.43. The molecule has 0 fully saturated rings. The number of hydrogen-bond acceptors (Lipinski definition) is 3. The van der Waals surface area contributed by atoms with E-state index in [1.165, 1.54) is 0 Å². The van der Waals surface area contributed by atoms with Crippen molar-refractivity contribution in [1.29, 1.82) is 0 Å². The molecule has 0 aliphatic rings. The Balaban J connectivity index is 3.41. The Bertz CT molecular complexity index is 564. The van der Waals surface area contributed by atoms with Gasteiger partial charge in [0.1, 0.15) is 11.3 Å². The minimum absolute atomic E-state index is 0.178. The van der Waals surface area contributed by atoms with Crippen molar-refractivity contribution < 1.29 is 14.0 Å². The molecule has 0 heterocycles. The van der Waals surface area contributed by atoms with Crippen molar-refractivity contribution in [2.75, 3.05) is 6.61 Å². The van der Waals surface area contributed by atoms with Crippen LogP contribution in [-0.4, -0.2) is 20.9 Å². The van der Waals surface area contributed by atoms with E-state index in [2.05, 4.69) is 41.5 Å². The minimum Gasteiger partial charge on any atom is -0.542 e. The summed E-state index contributed by atoms with van der Waals surface area (Å²) in [6, 6.07) is 3.40. The van der Waals surface area contributed by atoms with Gasteiger partial charge < -0.3 is 9.16 Å². The maximum absolute atomic E-state index is 12.2. The monoisotopic (exact) mass is 390 g/mol. The molecule has 0 saturated carbocycles. The fourth-order valence-electron chi connectivity index (χ4n) is 3.55. The smallest absolute Gasteiger partial charge is 0.341 e. The van der Waals surface area contributed by atoms with Crippen molar-refractivity contribution in [1.82, 2.24) is 0 Å². The molecule has 6 heteroatoms. The van der Waals surface area contributed by atoms with Gasteiger partial charge in [-0.1, -0.05) is 64.7 Å². The van der Waals surface area contributed by atoms with Gasteiger partial charge in [-0.15, -0.1) is 0 Å². The van der Waals surface area contributed by atoms with Gasteiger partial charge in [0.05, 0.1) is 16.7 Å². The second-order valence-electron chi connectivity index (χ2n) is 6.87. The highest BCUT2D eigenvalue weighted by Gasteiger charge is 2.47. The molecule has 0 saturated heterocycles. The Morgan fingerprint density at radius 2 is 1.54 bits per heavy atom. The highest BCUT2D eigenvalue weighted by molar-refractivity contribution is 6.78. The quantitative estimate of drug-likeness (QED) is 0.382. The first-order valence-corrected chi connectivity index (χ1v) is 11.3. The lowest BCUT2D eigenvalue weighted by Crippen LogP contribution is -2.50. The van der Waals surface area contributed by atoms with E-state index in [-0.39, 0.29) is 22.2 Å². The fraction of sp³-hybridized carbons (Fsp3) is 0.611. The normalized spacial score (nSPS) is 12.2. The van der Waals surface area contributed by atoms with E-state index in [9.17, 15) is 4.79 Å². The SMILES string of the molecule is CCOC(=O)c1c(Cl)ccc(O[Si](C(C)C)(C(C)C)C(C)C)c1Cl. The topological polar surface area (TPSA) is 35.5 Å². The number of hydrogen-bond donors (Lipinski definition) is 0. The predicted molar refractivity (Wildman–Crippen MR) is 104 cm³/mol. The van der Waals surface area contributed by atoms with Crippen LogP contribution < -0.4 is 4.43 Å². The Hall–Kier alpha value is -0.713. The summed E-state index contributed by atoms with van der Waals surface area (Å²) in [6.45, 7) is 15.2. The van der Waals surface area contributed by atoms with Gasteiger partial charge >= 0.3 is 5.97 Å². The molecule has 0 amide bonds. The maximum Gasteiger partial charge on any atom is 0.341 e. The lowest BCUT2D eigenvalue weighted by atomic mass is 10.2. The number of carbonyl (C=O) groups excluding carboxylic acids is 1. The molecular weight excluding hydrogens is 363 g/mol. The largest absolute Gasteiger partial charge is 0.542 e. The van der Waals surface area contributed by atoms with Crippen LogP contribution in [0.1, 0.15) is 58.8 Å². The lowest BCUT2D eigenvalue weighted by molar-refractivity contribution is 0.0526. The number of rotatable bonds is 7. The van der Waals surface area contributed by atoms with Crippen molar-refractivity contribution in [2.24, 2.45) is 0 Å². The molecule has 24 heavy (non-hydrogen) atoms. The Morgan fingerprint density at radius 1 is 1.04 bits per heavy atom. The highest BCUT2D eigenvalue weighted by Crippen LogP contribution is 2.45. The first-order chi connectivity index (χ1) is 11.1. The molecule has 0 bridgehead atoms. The third kappa shape index (κ3) is 4.09. The third-order valence-corrected chi connectivity index (χ3v) is 11.2. The summed E-state index contributed by atoms with van der Waals surface area (Å²) in [7, 11) is -2.17. The summed E-state index contributed by atoms with van der Waals surface area (Å²) in [5, 5.41) is 0.511. The first-order valence-electron chi connectivity index (χ1n) is 8.43. The molecule has 0 unspecified atom stereocenters. The molecule has 3 nitrogen and oxygen atoms in total. The van der Waals surface area contributed by atoms with Crippen molar-refractivity contribution in [2.45, 2.75) is 65.1 Å². The van der Waals surface area contributed by atoms with Crippen LogP contribution in [-0.2, 0) is 4.74 Å². The molecule has 1 aromatic rings. The number of esters is 1. The van der Waals surface area contributed by atoms with Crippen LogP contribution in [0.15, 0.2) is 12.1 Å². The molecule has 0 spiro atoms. The van der Waals surface area contributed by atoms with Crippen molar-refractivity contribution in [3.63, 3.8) is 0 Å². The maximum atomic E-state index is 12.2. The van der Waals surface area contributed by atoms with Gasteiger partial charge in [0.2, 0.25) is 0 Å². The predicted octanol–water partition coefficient (Wildman–Crippen LogP) is 6.72. The van der Waals surface area contributed by atoms with Crippen LogP contribution >= 0.6 is 23.2 Å². The van der Waals surface area contributed by atoms with Gasteiger partial charge in [0.15, 0.2) is 0 Å². The van der Waals surface area contributed by atoms with Crippen LogP contribution in [0.4, 0.5) is 0 Å². The average Bonchev–Trinajstić information content (AvgIpc) is 2.45. The zero-order valence-electron chi connectivity index (χ0n) is 15.6. The Kier molecular flexibility index (Phi) is 7.63. The van der Waals surface area contributed by atoms with Gasteiger partial charge in [-0.05, 0) is 35.7 Å². The van der Waals surface area contributed by atoms with Gasteiger partial charge in [0, 0.05) is 0 Å². The second-order valence-corrected chi connectivity index (χ2v) is 13.0. The van der Waals surface area contributed by atoms with E-state index in [1.54, 1.807) is 19.1 Å². The third-order valence-electron chi connectivity index (χ3n) is 4.53. The van der Waals surface area contributed by atoms with Gasteiger partial charge in [-0.25, -0.2) is 4.79 Å². The molecule has 0 aromatic heterocycles. The van der Waals surface area contributed by atoms with Crippen LogP contribution in [0.25, 0.3) is 0 Å². The summed E-state index contributed by atoms with van der Waals surface area (Å²) >= 11 is 12.6. The number of carbonyl (C=O) groups is 1. The van der Waals surface area contributed by atoms with Crippen molar-refractivity contribution in [3.8, 4) is 5.75 Å². The van der Waals surface area contributed by atoms with Crippen LogP contribution in [0.3, 0.4) is 0 Å². The first kappa shape index (κ1) is 21.3. The summed E-state index contributed by atoms with van der Waals surface area (Å²) < 4.78 is 11.6. The molecular formula is C18H28Cl2O3Si. The van der Waals surface area contributed by atoms with E-state index in [0.29, 0.717) is 22.4 Å². The van der Waals surface area contributed by atoms with Crippen LogP contribution in [0.5, 0.6) is 5.75 Å². The van der Waals surface area contributed by atoms with Crippen molar-refractivity contribution in [3.05, 3.63) is 27.7 Å². The minimum atomic E-state index is -2.17. The highest BCUT2D eigenvalue weighted by atomic mass is 35.5. The van der Waals surface area contributed by atoms with Gasteiger partial charge in [0.25, 0.3) is 8.32 Å². The van der Waals surface area contributed by atoms with E-state index < -0.39 is 14.3 Å². The molecule has 0 radical (unpaired) electrons. The molecule has 1 rings (SSSR count). The second kappa shape index (κ2) is 8.59. The zero-order valence-corrected chi connectivity index (χ0v) is 18.1. The molecule has 0 aliphatic carbocycles. The summed E-state index contributed by atoms with van der Waals surface area (Å²) in [5.74, 6) is -0.00394. The van der Waals surface area contributed by atoms with E-state index in [1.807, 2.05) is 0 Å². The standard InChI is InChI=1S/C18H28Cl2O3Si/c1-8-22-18(21)16-14(19)9-10-15(17(16)20)23-24(11(2)3,12(4)5)13(6)7/h9-13H,8H2,1-7H3. The average molecular weight is 391 g/mol. The van der Waals surface area contributed by atoms with E-state index in [4.69, 9.17) is 32.4 Å². The lowest BCUT2D eigenvalue weighted by Gasteiger charge is -2.42. The van der Waals surface area contributed by atoms with Gasteiger partial charge in [-0.3, -0.25) is 0 Å².